The van der Waals surface area contributed by atoms with E-state index in [4.69, 9.17) is 26.1 Å². The third kappa shape index (κ3) is 6.78. The predicted octanol–water partition coefficient (Wildman–Crippen LogP) is 6.08. The molecule has 0 saturated carbocycles. The largest absolute Gasteiger partial charge is 0.491 e. The van der Waals surface area contributed by atoms with Crippen LogP contribution in [0.2, 0.25) is 5.02 Å². The minimum Gasteiger partial charge on any atom is -0.491 e. The number of hydrogen-bond acceptors (Lipinski definition) is 8. The molecule has 1 aliphatic heterocycles. The van der Waals surface area contributed by atoms with Crippen LogP contribution in [0.25, 0.3) is 21.3 Å². The van der Waals surface area contributed by atoms with Gasteiger partial charge in [-0.2, -0.15) is 13.2 Å². The van der Waals surface area contributed by atoms with Crippen molar-refractivity contribution in [3.05, 3.63) is 73.4 Å². The highest BCUT2D eigenvalue weighted by Gasteiger charge is 2.37. The Kier molecular flexibility index (Phi) is 9.12. The fourth-order valence-corrected chi connectivity index (χ4v) is 7.60. The zero-order valence-corrected chi connectivity index (χ0v) is 26.8. The van der Waals surface area contributed by atoms with E-state index in [0.29, 0.717) is 69.4 Å². The van der Waals surface area contributed by atoms with Crippen LogP contribution in [0.3, 0.4) is 0 Å². The molecule has 1 fully saturated rings. The lowest BCUT2D eigenvalue weighted by Crippen LogP contribution is -2.51. The number of ether oxygens (including phenoxy) is 2. The first-order valence-electron chi connectivity index (χ1n) is 14.9. The molecule has 3 aromatic heterocycles. The van der Waals surface area contributed by atoms with Gasteiger partial charge in [0.2, 0.25) is 0 Å². The molecule has 4 heterocycles. The Morgan fingerprint density at radius 3 is 2.78 bits per heavy atom. The Bertz CT molecular complexity index is 1860. The maximum Gasteiger partial charge on any atom is 0.391 e. The summed E-state index contributed by atoms with van der Waals surface area (Å²) < 4.78 is 52.9. The molecule has 4 aromatic rings. The maximum absolute atomic E-state index is 13.7. The molecule has 1 N–H and O–H groups in total. The Morgan fingerprint density at radius 1 is 1.22 bits per heavy atom. The molecule has 1 aliphatic carbocycles. The van der Waals surface area contributed by atoms with Gasteiger partial charge in [0, 0.05) is 51.9 Å². The summed E-state index contributed by atoms with van der Waals surface area (Å²) in [5.74, 6) is 0.0169. The first-order valence-corrected chi connectivity index (χ1v) is 16.2. The predicted molar refractivity (Wildman–Crippen MR) is 168 cm³/mol. The number of carbonyl (C=O) groups is 1. The van der Waals surface area contributed by atoms with Crippen LogP contribution in [0, 0.1) is 13.8 Å². The molecule has 2 aliphatic rings. The van der Waals surface area contributed by atoms with Gasteiger partial charge < -0.3 is 14.6 Å². The lowest BCUT2D eigenvalue weighted by molar-refractivity contribution is -0.172. The highest BCUT2D eigenvalue weighted by atomic mass is 35.5. The van der Waals surface area contributed by atoms with Crippen molar-refractivity contribution in [2.45, 2.75) is 64.4 Å². The van der Waals surface area contributed by atoms with Gasteiger partial charge in [-0.25, -0.2) is 9.78 Å². The van der Waals surface area contributed by atoms with Crippen LogP contribution in [0.15, 0.2) is 34.4 Å². The normalized spacial score (nSPS) is 18.9. The highest BCUT2D eigenvalue weighted by Crippen LogP contribution is 2.40. The number of pyridine rings is 1. The number of morpholine rings is 1. The van der Waals surface area contributed by atoms with Crippen molar-refractivity contribution in [3.63, 3.8) is 0 Å². The van der Waals surface area contributed by atoms with E-state index in [9.17, 15) is 27.9 Å². The van der Waals surface area contributed by atoms with Crippen molar-refractivity contribution in [3.8, 4) is 16.9 Å². The Hall–Kier alpha value is -3.52. The molecule has 244 valence electrons. The van der Waals surface area contributed by atoms with Crippen molar-refractivity contribution in [2.24, 2.45) is 0 Å². The van der Waals surface area contributed by atoms with Crippen molar-refractivity contribution in [1.29, 1.82) is 0 Å². The first-order chi connectivity index (χ1) is 21.9. The van der Waals surface area contributed by atoms with E-state index in [1.165, 1.54) is 11.3 Å². The number of nitrogens with zero attached hydrogens (tertiary/aromatic N) is 4. The van der Waals surface area contributed by atoms with Crippen LogP contribution in [0.5, 0.6) is 5.75 Å². The Labute approximate surface area is 271 Å². The summed E-state index contributed by atoms with van der Waals surface area (Å²) in [6.07, 6.45) is -4.49. The number of carboxylic acids is 1. The first kappa shape index (κ1) is 32.4. The molecule has 0 bridgehead atoms. The number of hydrogen-bond donors (Lipinski definition) is 1. The molecule has 46 heavy (non-hydrogen) atoms. The van der Waals surface area contributed by atoms with Gasteiger partial charge in [0.05, 0.1) is 47.2 Å². The van der Waals surface area contributed by atoms with E-state index in [-0.39, 0.29) is 43.5 Å². The van der Waals surface area contributed by atoms with Crippen molar-refractivity contribution < 1.29 is 32.5 Å². The number of aryl methyl sites for hydroxylation is 3. The van der Waals surface area contributed by atoms with E-state index in [0.717, 1.165) is 11.3 Å². The van der Waals surface area contributed by atoms with Gasteiger partial charge >= 0.3 is 12.1 Å². The second-order valence-electron chi connectivity index (χ2n) is 11.7. The SMILES string of the molecule is Cc1cc(-c2cc(Cl)ccc2OCCn2c(C)nc3c(c2=O)C[C@H](N2CCO[C@@H](CC(F)(F)F)C2)CC3)c2scc(C(=O)O)c2n1. The molecule has 9 nitrogen and oxygen atoms in total. The smallest absolute Gasteiger partial charge is 0.391 e. The monoisotopic (exact) mass is 676 g/mol. The number of alkyl halides is 3. The van der Waals surface area contributed by atoms with Crippen molar-refractivity contribution >= 4 is 39.1 Å². The number of benzene rings is 1. The molecule has 2 atom stereocenters. The second-order valence-corrected chi connectivity index (χ2v) is 13.0. The summed E-state index contributed by atoms with van der Waals surface area (Å²) in [7, 11) is 0. The second kappa shape index (κ2) is 12.9. The van der Waals surface area contributed by atoms with Crippen LogP contribution in [-0.4, -0.2) is 75.1 Å². The minimum absolute atomic E-state index is 0.0646. The molecular weight excluding hydrogens is 645 g/mol. The number of aromatic carboxylic acids is 1. The van der Waals surface area contributed by atoms with E-state index in [1.54, 1.807) is 42.0 Å². The summed E-state index contributed by atoms with van der Waals surface area (Å²) >= 11 is 7.66. The number of aromatic nitrogens is 3. The van der Waals surface area contributed by atoms with Gasteiger partial charge in [-0.3, -0.25) is 19.2 Å². The van der Waals surface area contributed by atoms with Crippen LogP contribution < -0.4 is 10.3 Å². The number of rotatable bonds is 8. The quantitative estimate of drug-likeness (QED) is 0.240. The summed E-state index contributed by atoms with van der Waals surface area (Å²) in [6.45, 7) is 4.85. The van der Waals surface area contributed by atoms with Crippen molar-refractivity contribution in [2.75, 3.05) is 26.3 Å². The van der Waals surface area contributed by atoms with Gasteiger partial charge in [0.25, 0.3) is 5.56 Å². The standard InChI is InChI=1S/C32H32ClF3N4O5S/c1-17-11-23(29-28(37-17)25(16-46-29)31(42)43)22-12-19(33)3-6-27(22)45-10-8-40-18(2)38-26-5-4-20(13-24(26)30(40)41)39-7-9-44-21(15-39)14-32(34,35)36/h3,6,11-12,16,20-21H,4-5,7-10,13-15H2,1-2H3,(H,42,43)/t20-,21+/m1/s1. The average molecular weight is 677 g/mol. The molecule has 14 heteroatoms. The fraction of sp³-hybridized carbons (Fsp3) is 0.438. The number of carboxylic acid groups (broad SMARTS) is 1. The number of fused-ring (bicyclic) bond motifs is 2. The summed E-state index contributed by atoms with van der Waals surface area (Å²) in [6, 6.07) is 7.00. The minimum atomic E-state index is -4.30. The molecule has 0 radical (unpaired) electrons. The van der Waals surface area contributed by atoms with E-state index >= 15 is 0 Å². The van der Waals surface area contributed by atoms with Crippen LogP contribution in [0.4, 0.5) is 13.2 Å². The average Bonchev–Trinajstić information content (AvgIpc) is 3.42. The number of thiophene rings is 1. The molecular formula is C32H32ClF3N4O5S. The highest BCUT2D eigenvalue weighted by molar-refractivity contribution is 7.18. The summed E-state index contributed by atoms with van der Waals surface area (Å²) in [5, 5.41) is 11.7. The van der Waals surface area contributed by atoms with Gasteiger partial charge in [-0.1, -0.05) is 11.6 Å². The topological polar surface area (TPSA) is 107 Å². The lowest BCUT2D eigenvalue weighted by atomic mass is 9.90. The van der Waals surface area contributed by atoms with Gasteiger partial charge in [0.15, 0.2) is 0 Å². The van der Waals surface area contributed by atoms with Crippen LogP contribution in [0.1, 0.15) is 46.0 Å². The van der Waals surface area contributed by atoms with Gasteiger partial charge in [-0.05, 0) is 57.4 Å². The lowest BCUT2D eigenvalue weighted by Gasteiger charge is -2.40. The third-order valence-corrected chi connectivity index (χ3v) is 9.76. The molecule has 1 aromatic carbocycles. The zero-order chi connectivity index (χ0) is 32.7. The molecule has 1 saturated heterocycles. The van der Waals surface area contributed by atoms with Crippen LogP contribution >= 0.6 is 22.9 Å². The molecule has 0 unspecified atom stereocenters. The summed E-state index contributed by atoms with van der Waals surface area (Å²) in [4.78, 5) is 36.7. The molecule has 0 spiro atoms. The van der Waals surface area contributed by atoms with Crippen molar-refractivity contribution in [1.82, 2.24) is 19.4 Å². The number of halogens is 4. The third-order valence-electron chi connectivity index (χ3n) is 8.52. The molecule has 6 rings (SSSR count). The van der Waals surface area contributed by atoms with E-state index in [1.807, 2.05) is 11.0 Å². The maximum atomic E-state index is 13.7. The van der Waals surface area contributed by atoms with Gasteiger partial charge in [0.1, 0.15) is 18.2 Å². The van der Waals surface area contributed by atoms with E-state index in [2.05, 4.69) is 4.98 Å². The van der Waals surface area contributed by atoms with E-state index < -0.39 is 24.7 Å². The zero-order valence-electron chi connectivity index (χ0n) is 25.2. The Balaban J connectivity index is 1.21. The molecule has 0 amide bonds. The van der Waals surface area contributed by atoms with Crippen LogP contribution in [-0.2, 0) is 24.1 Å². The fourth-order valence-electron chi connectivity index (χ4n) is 6.41. The Morgan fingerprint density at radius 2 is 2.02 bits per heavy atom. The van der Waals surface area contributed by atoms with Gasteiger partial charge in [-0.15, -0.1) is 11.3 Å². The summed E-state index contributed by atoms with van der Waals surface area (Å²) in [5.41, 5.74) is 3.74.